The molecule has 0 radical (unpaired) electrons. The van der Waals surface area contributed by atoms with Crippen LogP contribution in [0.5, 0.6) is 11.5 Å². The molecule has 188 valence electrons. The van der Waals surface area contributed by atoms with Gasteiger partial charge in [0.05, 0.1) is 13.2 Å². The Morgan fingerprint density at radius 3 is 2.62 bits per heavy atom. The van der Waals surface area contributed by atoms with Crippen molar-refractivity contribution in [3.05, 3.63) is 41.2 Å². The third-order valence-corrected chi connectivity index (χ3v) is 5.81. The van der Waals surface area contributed by atoms with Gasteiger partial charge in [-0.05, 0) is 44.9 Å². The number of carbonyl (C=O) groups excluding carboxylic acids is 1. The van der Waals surface area contributed by atoms with Crippen LogP contribution in [0.1, 0.15) is 50.0 Å². The Kier molecular flexibility index (Phi) is 8.35. The first-order valence-electron chi connectivity index (χ1n) is 11.2. The molecular weight excluding hydrogens is 447 g/mol. The molecule has 2 aliphatic rings. The SMILES string of the molecule is COCOc1cc(OC)cc2c1C(=O)O[C@@H](C)[C@H](C)/C=C(/F)C(O)C1OC(C)(C)OC1C/C=C/2. The van der Waals surface area contributed by atoms with Gasteiger partial charge in [0, 0.05) is 19.1 Å². The molecule has 0 spiro atoms. The molecule has 0 saturated carbocycles. The van der Waals surface area contributed by atoms with Gasteiger partial charge in [-0.3, -0.25) is 0 Å². The number of esters is 1. The second kappa shape index (κ2) is 10.9. The molecule has 1 N–H and O–H groups in total. The molecule has 34 heavy (non-hydrogen) atoms. The van der Waals surface area contributed by atoms with Gasteiger partial charge in [0.15, 0.2) is 12.6 Å². The standard InChI is InChI=1S/C25H33FO8/c1-14-10-18(26)22(27)23-19(33-25(3,4)34-23)9-7-8-16-11-17(30-6)12-20(31-13-29-5)21(16)24(28)32-15(14)2/h7-8,10-12,14-15,19,22-23,27H,9,13H2,1-6H3/b8-7+,18-10+/t14-,15+,19?,22?,23?/m1/s1. The van der Waals surface area contributed by atoms with Crippen LogP contribution in [0.4, 0.5) is 4.39 Å². The topological polar surface area (TPSA) is 92.7 Å². The molecule has 3 unspecified atom stereocenters. The minimum atomic E-state index is -1.52. The number of hydrogen-bond donors (Lipinski definition) is 1. The molecule has 1 saturated heterocycles. The summed E-state index contributed by atoms with van der Waals surface area (Å²) in [4.78, 5) is 13.2. The Hall–Kier alpha value is -2.46. The molecule has 0 aromatic heterocycles. The Morgan fingerprint density at radius 1 is 1.21 bits per heavy atom. The van der Waals surface area contributed by atoms with E-state index >= 15 is 0 Å². The van der Waals surface area contributed by atoms with Gasteiger partial charge < -0.3 is 33.5 Å². The Labute approximate surface area is 199 Å². The Balaban J connectivity index is 2.09. The average molecular weight is 481 g/mol. The van der Waals surface area contributed by atoms with Crippen molar-refractivity contribution in [1.82, 2.24) is 0 Å². The molecule has 1 aromatic rings. The number of aliphatic hydroxyl groups excluding tert-OH is 1. The monoisotopic (exact) mass is 480 g/mol. The molecule has 0 amide bonds. The number of fused-ring (bicyclic) bond motifs is 2. The lowest BCUT2D eigenvalue weighted by Crippen LogP contribution is -2.36. The summed E-state index contributed by atoms with van der Waals surface area (Å²) in [5.74, 6) is -2.21. The van der Waals surface area contributed by atoms with Crippen LogP contribution >= 0.6 is 0 Å². The fraction of sp³-hybridized carbons (Fsp3) is 0.560. The van der Waals surface area contributed by atoms with Crippen LogP contribution in [0.25, 0.3) is 6.08 Å². The van der Waals surface area contributed by atoms with Crippen molar-refractivity contribution in [2.45, 2.75) is 64.3 Å². The van der Waals surface area contributed by atoms with Crippen molar-refractivity contribution in [1.29, 1.82) is 0 Å². The van der Waals surface area contributed by atoms with Crippen LogP contribution in [0.15, 0.2) is 30.1 Å². The van der Waals surface area contributed by atoms with Crippen LogP contribution in [0.3, 0.4) is 0 Å². The largest absolute Gasteiger partial charge is 0.497 e. The first-order chi connectivity index (χ1) is 16.1. The fourth-order valence-electron chi connectivity index (χ4n) is 3.93. The summed E-state index contributed by atoms with van der Waals surface area (Å²) in [7, 11) is 2.98. The number of methoxy groups -OCH3 is 2. The molecule has 0 aliphatic carbocycles. The number of halogens is 1. The van der Waals surface area contributed by atoms with E-state index in [2.05, 4.69) is 0 Å². The van der Waals surface area contributed by atoms with E-state index in [0.29, 0.717) is 17.7 Å². The van der Waals surface area contributed by atoms with Crippen LogP contribution in [0.2, 0.25) is 0 Å². The molecular formula is C25H33FO8. The van der Waals surface area contributed by atoms with E-state index in [4.69, 9.17) is 28.4 Å². The van der Waals surface area contributed by atoms with E-state index in [9.17, 15) is 14.3 Å². The first-order valence-corrected chi connectivity index (χ1v) is 11.2. The van der Waals surface area contributed by atoms with E-state index in [0.717, 1.165) is 0 Å². The number of hydrogen-bond acceptors (Lipinski definition) is 8. The number of benzene rings is 1. The lowest BCUT2D eigenvalue weighted by atomic mass is 9.98. The Bertz CT molecular complexity index is 941. The molecule has 3 rings (SSSR count). The number of carbonyl (C=O) groups is 1. The quantitative estimate of drug-likeness (QED) is 0.511. The first kappa shape index (κ1) is 26.2. The van der Waals surface area contributed by atoms with Gasteiger partial charge >= 0.3 is 5.97 Å². The van der Waals surface area contributed by atoms with Crippen molar-refractivity contribution in [3.63, 3.8) is 0 Å². The van der Waals surface area contributed by atoms with E-state index in [1.807, 2.05) is 0 Å². The molecule has 5 atom stereocenters. The summed E-state index contributed by atoms with van der Waals surface area (Å²) in [6.07, 6.45) is 1.28. The normalized spacial score (nSPS) is 31.8. The number of rotatable bonds is 4. The van der Waals surface area contributed by atoms with Crippen LogP contribution < -0.4 is 9.47 Å². The Morgan fingerprint density at radius 2 is 1.94 bits per heavy atom. The third kappa shape index (κ3) is 5.96. The lowest BCUT2D eigenvalue weighted by Gasteiger charge is -2.24. The zero-order valence-corrected chi connectivity index (χ0v) is 20.4. The fourth-order valence-corrected chi connectivity index (χ4v) is 3.93. The van der Waals surface area contributed by atoms with Crippen molar-refractivity contribution >= 4 is 12.0 Å². The van der Waals surface area contributed by atoms with Crippen LogP contribution in [-0.2, 0) is 18.9 Å². The zero-order chi connectivity index (χ0) is 25.0. The zero-order valence-electron chi connectivity index (χ0n) is 20.4. The summed E-state index contributed by atoms with van der Waals surface area (Å²) in [5, 5.41) is 10.7. The van der Waals surface area contributed by atoms with Gasteiger partial charge in [0.25, 0.3) is 0 Å². The maximum Gasteiger partial charge on any atom is 0.342 e. The molecule has 2 heterocycles. The highest BCUT2D eigenvalue weighted by Gasteiger charge is 2.45. The molecule has 8 nitrogen and oxygen atoms in total. The van der Waals surface area contributed by atoms with Gasteiger partial charge in [-0.2, -0.15) is 0 Å². The van der Waals surface area contributed by atoms with Gasteiger partial charge in [-0.15, -0.1) is 0 Å². The van der Waals surface area contributed by atoms with Crippen molar-refractivity contribution in [2.24, 2.45) is 5.92 Å². The van der Waals surface area contributed by atoms with Crippen molar-refractivity contribution in [2.75, 3.05) is 21.0 Å². The second-order valence-corrected chi connectivity index (χ2v) is 8.88. The second-order valence-electron chi connectivity index (χ2n) is 8.88. The lowest BCUT2D eigenvalue weighted by molar-refractivity contribution is -0.153. The highest BCUT2D eigenvalue weighted by atomic mass is 19.1. The number of ether oxygens (including phenoxy) is 6. The van der Waals surface area contributed by atoms with E-state index < -0.39 is 47.9 Å². The smallest absolute Gasteiger partial charge is 0.342 e. The summed E-state index contributed by atoms with van der Waals surface area (Å²) in [6, 6.07) is 3.27. The summed E-state index contributed by atoms with van der Waals surface area (Å²) in [5.41, 5.74) is 0.694. The van der Waals surface area contributed by atoms with Gasteiger partial charge in [-0.1, -0.05) is 19.1 Å². The van der Waals surface area contributed by atoms with Crippen LogP contribution in [0, 0.1) is 5.92 Å². The summed E-state index contributed by atoms with van der Waals surface area (Å²) >= 11 is 0. The predicted molar refractivity (Wildman–Crippen MR) is 122 cm³/mol. The maximum absolute atomic E-state index is 15.0. The average Bonchev–Trinajstić information content (AvgIpc) is 3.09. The van der Waals surface area contributed by atoms with E-state index in [-0.39, 0.29) is 18.1 Å². The van der Waals surface area contributed by atoms with Gasteiger partial charge in [0.2, 0.25) is 0 Å². The van der Waals surface area contributed by atoms with Crippen LogP contribution in [-0.4, -0.2) is 62.3 Å². The number of cyclic esters (lactones) is 1. The minimum Gasteiger partial charge on any atom is -0.497 e. The van der Waals surface area contributed by atoms with Crippen molar-refractivity contribution < 1.29 is 42.7 Å². The summed E-state index contributed by atoms with van der Waals surface area (Å²) in [6.45, 7) is 6.69. The highest BCUT2D eigenvalue weighted by Crippen LogP contribution is 2.36. The number of aliphatic hydroxyl groups is 1. The third-order valence-electron chi connectivity index (χ3n) is 5.81. The molecule has 0 bridgehead atoms. The molecule has 9 heteroatoms. The predicted octanol–water partition coefficient (Wildman–Crippen LogP) is 4.01. The maximum atomic E-state index is 15.0. The molecule has 1 aromatic carbocycles. The van der Waals surface area contributed by atoms with E-state index in [1.165, 1.54) is 20.3 Å². The highest BCUT2D eigenvalue weighted by molar-refractivity contribution is 5.97. The minimum absolute atomic E-state index is 0.0849. The van der Waals surface area contributed by atoms with Crippen molar-refractivity contribution in [3.8, 4) is 11.5 Å². The van der Waals surface area contributed by atoms with Gasteiger partial charge in [0.1, 0.15) is 41.2 Å². The van der Waals surface area contributed by atoms with Gasteiger partial charge in [-0.25, -0.2) is 9.18 Å². The summed E-state index contributed by atoms with van der Waals surface area (Å²) < 4.78 is 48.4. The molecule has 1 fully saturated rings. The molecule has 2 aliphatic heterocycles. The van der Waals surface area contributed by atoms with E-state index in [1.54, 1.807) is 52.0 Å².